The zero-order valence-corrected chi connectivity index (χ0v) is 46.7. The molecule has 22 heteroatoms. The van der Waals surface area contributed by atoms with Gasteiger partial charge in [-0.05, 0) is 31.4 Å². The number of nitrogens with zero attached hydrogens (tertiary/aromatic N) is 1. The number of halogens is 20. The van der Waals surface area contributed by atoms with Crippen molar-refractivity contribution >= 4 is 33.7 Å². The van der Waals surface area contributed by atoms with Gasteiger partial charge in [0.15, 0.2) is 69.8 Å². The van der Waals surface area contributed by atoms with Gasteiger partial charge in [0.1, 0.15) is 52.7 Å². The lowest BCUT2D eigenvalue weighted by atomic mass is 9.12. The second kappa shape index (κ2) is 33.9. The summed E-state index contributed by atoms with van der Waals surface area (Å²) in [5.41, 5.74) is -11.4. The van der Waals surface area contributed by atoms with Crippen molar-refractivity contribution in [2.24, 2.45) is 0 Å². The molecule has 0 spiro atoms. The summed E-state index contributed by atoms with van der Waals surface area (Å²) in [7, 11) is 0. The van der Waals surface area contributed by atoms with Gasteiger partial charge in [0.2, 0.25) is 0 Å². The van der Waals surface area contributed by atoms with E-state index in [4.69, 9.17) is 0 Å². The highest BCUT2D eigenvalue weighted by Gasteiger charge is 2.52. The molecule has 0 N–H and O–H groups in total. The minimum Gasteiger partial charge on any atom is -0.371 e. The molecule has 0 aliphatic carbocycles. The summed E-state index contributed by atoms with van der Waals surface area (Å²) >= 11 is 0. The van der Waals surface area contributed by atoms with Crippen LogP contribution in [0.25, 0.3) is 0 Å². The van der Waals surface area contributed by atoms with E-state index in [1.165, 1.54) is 191 Å². The number of benzene rings is 5. The highest BCUT2D eigenvalue weighted by atomic mass is 19.2. The average molecular weight is 1210 g/mol. The summed E-state index contributed by atoms with van der Waals surface area (Å²) in [5, 5.41) is 0. The molecular weight excluding hydrogens is 1140 g/mol. The third-order valence-electron chi connectivity index (χ3n) is 15.2. The smallest absolute Gasteiger partial charge is 0.200 e. The Balaban J connectivity index is 0.000000363. The SMILES string of the molecule is CCCCCCCCCCCCCCCCN(CCCCCCCCCCCCCC)c1ccccc1C.Fc1c(F)c(F)c([B-](c2c(F)c(F)c(F)c(F)c2F)(c2c(F)c(F)c(F)c(F)c2F)c2c(F)c(F)c(F)c(F)c2F)c(F)c1F. The molecule has 1 nitrogen and oxygen atoms in total. The molecule has 0 saturated heterocycles. The van der Waals surface area contributed by atoms with Crippen molar-refractivity contribution in [1.82, 2.24) is 0 Å². The van der Waals surface area contributed by atoms with Crippen molar-refractivity contribution in [3.8, 4) is 0 Å². The van der Waals surface area contributed by atoms with E-state index in [1.54, 1.807) is 0 Å². The number of aryl methyl sites for hydroxylation is 1. The zero-order chi connectivity index (χ0) is 61.7. The summed E-state index contributed by atoms with van der Waals surface area (Å²) in [6, 6.07) is 9.05. The van der Waals surface area contributed by atoms with Gasteiger partial charge in [-0.3, -0.25) is 0 Å². The quantitative estimate of drug-likeness (QED) is 0.0133. The molecule has 0 radical (unpaired) electrons. The second-order valence-electron chi connectivity index (χ2n) is 21.1. The van der Waals surface area contributed by atoms with Crippen LogP contribution in [0.3, 0.4) is 0 Å². The Morgan fingerprint density at radius 1 is 0.253 bits per heavy atom. The van der Waals surface area contributed by atoms with Gasteiger partial charge < -0.3 is 4.90 Å². The number of hydrogen-bond donors (Lipinski definition) is 0. The molecule has 5 rings (SSSR count). The number of anilines is 1. The minimum absolute atomic E-state index is 1.24. The standard InChI is InChI=1S/C37H69N.C24BF20/c1-4-6-8-10-12-14-16-18-19-21-23-25-27-31-35-38(37-33-29-28-32-36(37)3)34-30-26-24-22-20-17-15-13-11-9-7-5-2;26-5-1(6(27)14(35)21(42)13(5)34)25(2-7(28)15(36)22(43)16(37)8(2)29,3-9(30)17(38)23(44)18(39)10(3)31)4-11(32)19(40)24(45)20(41)12(4)33/h28-29,32-33H,4-27,30-31,34-35H2,1-3H3;/q;-1. The molecule has 0 bridgehead atoms. The molecule has 462 valence electrons. The first-order valence-electron chi connectivity index (χ1n) is 28.5. The number of rotatable bonds is 33. The Hall–Kier alpha value is -5.44. The first-order chi connectivity index (χ1) is 39.5. The molecule has 5 aromatic rings. The molecule has 0 saturated carbocycles. The Labute approximate surface area is 472 Å². The Morgan fingerprint density at radius 3 is 0.639 bits per heavy atom. The topological polar surface area (TPSA) is 3.24 Å². The maximum absolute atomic E-state index is 15.4. The predicted octanol–water partition coefficient (Wildman–Crippen LogP) is 18.8. The first kappa shape index (κ1) is 70.1. The van der Waals surface area contributed by atoms with Crippen LogP contribution in [0.2, 0.25) is 0 Å². The van der Waals surface area contributed by atoms with Crippen molar-refractivity contribution in [1.29, 1.82) is 0 Å². The zero-order valence-electron chi connectivity index (χ0n) is 46.7. The van der Waals surface area contributed by atoms with Crippen LogP contribution in [0.4, 0.5) is 93.5 Å². The van der Waals surface area contributed by atoms with Gasteiger partial charge >= 0.3 is 0 Å². The fraction of sp³-hybridized carbons (Fsp3) is 0.508. The third kappa shape index (κ3) is 16.7. The van der Waals surface area contributed by atoms with E-state index in [2.05, 4.69) is 49.9 Å². The largest absolute Gasteiger partial charge is 0.371 e. The molecule has 0 heterocycles. The van der Waals surface area contributed by atoms with Crippen LogP contribution in [-0.2, 0) is 0 Å². The maximum Gasteiger partial charge on any atom is 0.200 e. The van der Waals surface area contributed by atoms with Gasteiger partial charge in [-0.2, -0.15) is 0 Å². The predicted molar refractivity (Wildman–Crippen MR) is 284 cm³/mol. The fourth-order valence-corrected chi connectivity index (χ4v) is 10.8. The van der Waals surface area contributed by atoms with Gasteiger partial charge in [-0.15, -0.1) is 21.9 Å². The van der Waals surface area contributed by atoms with E-state index in [1.807, 2.05) is 0 Å². The van der Waals surface area contributed by atoms with Gasteiger partial charge in [0.25, 0.3) is 0 Å². The van der Waals surface area contributed by atoms with E-state index in [0.717, 1.165) is 0 Å². The van der Waals surface area contributed by atoms with E-state index in [9.17, 15) is 52.7 Å². The second-order valence-corrected chi connectivity index (χ2v) is 21.1. The molecule has 5 aromatic carbocycles. The van der Waals surface area contributed by atoms with Crippen LogP contribution in [0, 0.1) is 123 Å². The molecular formula is C61H69BF20N-. The van der Waals surface area contributed by atoms with E-state index in [-0.39, 0.29) is 0 Å². The third-order valence-corrected chi connectivity index (χ3v) is 15.2. The van der Waals surface area contributed by atoms with Crippen molar-refractivity contribution in [3.05, 3.63) is 146 Å². The molecule has 0 aliphatic heterocycles. The lowest BCUT2D eigenvalue weighted by molar-refractivity contribution is 0.378. The van der Waals surface area contributed by atoms with Gasteiger partial charge in [-0.25, -0.2) is 87.8 Å². The van der Waals surface area contributed by atoms with Gasteiger partial charge in [0, 0.05) is 18.8 Å². The van der Waals surface area contributed by atoms with Crippen LogP contribution in [0.1, 0.15) is 186 Å². The molecule has 0 fully saturated rings. The van der Waals surface area contributed by atoms with Crippen LogP contribution in [-0.4, -0.2) is 19.2 Å². The monoisotopic (exact) mass is 1210 g/mol. The molecule has 0 unspecified atom stereocenters. The Kier molecular flexibility index (Phi) is 28.6. The van der Waals surface area contributed by atoms with Crippen molar-refractivity contribution in [2.45, 2.75) is 188 Å². The van der Waals surface area contributed by atoms with Crippen molar-refractivity contribution in [3.63, 3.8) is 0 Å². The van der Waals surface area contributed by atoms with E-state index >= 15 is 35.1 Å². The summed E-state index contributed by atoms with van der Waals surface area (Å²) in [5.74, 6) is -71.4. The van der Waals surface area contributed by atoms with Gasteiger partial charge in [-0.1, -0.05) is 186 Å². The van der Waals surface area contributed by atoms with E-state index < -0.39 is 144 Å². The molecule has 0 amide bonds. The van der Waals surface area contributed by atoms with Crippen LogP contribution >= 0.6 is 0 Å². The molecule has 83 heavy (non-hydrogen) atoms. The molecule has 0 aromatic heterocycles. The molecule has 0 atom stereocenters. The van der Waals surface area contributed by atoms with Crippen LogP contribution < -0.4 is 26.8 Å². The highest BCUT2D eigenvalue weighted by Crippen LogP contribution is 2.31. The summed E-state index contributed by atoms with van der Waals surface area (Å²) in [6.07, 6.45) is 30.1. The van der Waals surface area contributed by atoms with Crippen molar-refractivity contribution < 1.29 is 87.8 Å². The lowest BCUT2D eigenvalue weighted by Crippen LogP contribution is -2.81. The highest BCUT2D eigenvalue weighted by molar-refractivity contribution is 7.20. The Bertz CT molecular complexity index is 2510. The Morgan fingerprint density at radius 2 is 0.434 bits per heavy atom. The lowest BCUT2D eigenvalue weighted by Gasteiger charge is -2.44. The average Bonchev–Trinajstić information content (AvgIpc) is 0.780. The summed E-state index contributed by atoms with van der Waals surface area (Å²) in [4.78, 5) is 2.70. The van der Waals surface area contributed by atoms with Gasteiger partial charge in [0.05, 0.1) is 0 Å². The van der Waals surface area contributed by atoms with Crippen molar-refractivity contribution in [2.75, 3.05) is 18.0 Å². The first-order valence-corrected chi connectivity index (χ1v) is 28.5. The normalized spacial score (nSPS) is 11.7. The number of hydrogen-bond acceptors (Lipinski definition) is 1. The van der Waals surface area contributed by atoms with Crippen LogP contribution in [0.15, 0.2) is 24.3 Å². The number of unbranched alkanes of at least 4 members (excludes halogenated alkanes) is 24. The summed E-state index contributed by atoms with van der Waals surface area (Å²) < 4.78 is 294. The fourth-order valence-electron chi connectivity index (χ4n) is 10.8. The molecule has 0 aliphatic rings. The van der Waals surface area contributed by atoms with Crippen LogP contribution in [0.5, 0.6) is 0 Å². The van der Waals surface area contributed by atoms with E-state index in [0.29, 0.717) is 0 Å². The maximum atomic E-state index is 15.4. The number of para-hydroxylation sites is 1. The minimum atomic E-state index is -7.22. The summed E-state index contributed by atoms with van der Waals surface area (Å²) in [6.45, 7) is 9.37.